The van der Waals surface area contributed by atoms with E-state index in [0.717, 1.165) is 6.42 Å². The van der Waals surface area contributed by atoms with Crippen molar-refractivity contribution >= 4 is 0 Å². The Morgan fingerprint density at radius 1 is 1.15 bits per heavy atom. The first-order valence-electron chi connectivity index (χ1n) is 8.12. The molecule has 1 aromatic rings. The number of rotatable bonds is 6. The molecule has 0 radical (unpaired) electrons. The Labute approximate surface area is 123 Å². The number of aliphatic hydroxyl groups excluding tert-OH is 1. The number of aliphatic hydroxyl groups is 1. The van der Waals surface area contributed by atoms with Crippen molar-refractivity contribution in [2.24, 2.45) is 5.92 Å². The predicted octanol–water partition coefficient (Wildman–Crippen LogP) is 3.71. The van der Waals surface area contributed by atoms with Crippen LogP contribution in [0.3, 0.4) is 0 Å². The molecule has 112 valence electrons. The van der Waals surface area contributed by atoms with Crippen LogP contribution in [-0.4, -0.2) is 23.8 Å². The van der Waals surface area contributed by atoms with Crippen LogP contribution in [0.15, 0.2) is 30.3 Å². The molecule has 20 heavy (non-hydrogen) atoms. The second-order valence-corrected chi connectivity index (χ2v) is 6.58. The molecule has 3 unspecified atom stereocenters. The summed E-state index contributed by atoms with van der Waals surface area (Å²) < 4.78 is 0. The maximum Gasteiger partial charge on any atom is 0.0584 e. The van der Waals surface area contributed by atoms with Crippen LogP contribution in [0.25, 0.3) is 0 Å². The third-order valence-corrected chi connectivity index (χ3v) is 4.42. The number of hydrogen-bond acceptors (Lipinski definition) is 2. The molecule has 1 aromatic carbocycles. The molecule has 2 N–H and O–H groups in total. The van der Waals surface area contributed by atoms with Gasteiger partial charge in [0.15, 0.2) is 0 Å². The van der Waals surface area contributed by atoms with E-state index in [0.29, 0.717) is 17.9 Å². The zero-order valence-electron chi connectivity index (χ0n) is 12.9. The van der Waals surface area contributed by atoms with Gasteiger partial charge < -0.3 is 10.4 Å². The van der Waals surface area contributed by atoms with Gasteiger partial charge in [-0.2, -0.15) is 0 Å². The van der Waals surface area contributed by atoms with Crippen molar-refractivity contribution in [2.45, 2.75) is 64.0 Å². The van der Waals surface area contributed by atoms with Gasteiger partial charge in [-0.15, -0.1) is 0 Å². The highest BCUT2D eigenvalue weighted by molar-refractivity contribution is 5.22. The molecular formula is C18H29NO. The normalized spacial score (nSPS) is 24.8. The van der Waals surface area contributed by atoms with E-state index in [1.807, 2.05) is 0 Å². The van der Waals surface area contributed by atoms with E-state index >= 15 is 0 Å². The molecule has 2 heteroatoms. The second kappa shape index (κ2) is 7.80. The van der Waals surface area contributed by atoms with Gasteiger partial charge in [0.05, 0.1) is 6.61 Å². The van der Waals surface area contributed by atoms with Crippen LogP contribution in [0.2, 0.25) is 0 Å². The van der Waals surface area contributed by atoms with Crippen molar-refractivity contribution < 1.29 is 5.11 Å². The van der Waals surface area contributed by atoms with Crippen molar-refractivity contribution in [3.8, 4) is 0 Å². The summed E-state index contributed by atoms with van der Waals surface area (Å²) in [5, 5.41) is 13.3. The molecule has 3 atom stereocenters. The summed E-state index contributed by atoms with van der Waals surface area (Å²) in [6, 6.07) is 11.6. The first-order chi connectivity index (χ1) is 9.70. The van der Waals surface area contributed by atoms with E-state index in [1.165, 1.54) is 31.2 Å². The molecule has 1 aliphatic rings. The first-order valence-corrected chi connectivity index (χ1v) is 8.12. The highest BCUT2D eigenvalue weighted by Crippen LogP contribution is 2.33. The molecule has 1 aliphatic carbocycles. The van der Waals surface area contributed by atoms with Crippen molar-refractivity contribution in [3.05, 3.63) is 35.9 Å². The molecule has 0 aliphatic heterocycles. The summed E-state index contributed by atoms with van der Waals surface area (Å²) in [5.41, 5.74) is 1.45. The fourth-order valence-corrected chi connectivity index (χ4v) is 3.50. The Hall–Kier alpha value is -0.860. The number of hydrogen-bond donors (Lipinski definition) is 2. The smallest absolute Gasteiger partial charge is 0.0584 e. The van der Waals surface area contributed by atoms with Gasteiger partial charge in [0.2, 0.25) is 0 Å². The molecule has 0 saturated heterocycles. The molecule has 0 spiro atoms. The standard InChI is InChI=1S/C18H29NO/c1-14(2)12-16(13-20)19-18-11-7-6-10-17(18)15-8-4-3-5-9-15/h3-5,8-9,14,16-20H,6-7,10-13H2,1-2H3. The molecule has 2 nitrogen and oxygen atoms in total. The van der Waals surface area contributed by atoms with Gasteiger partial charge in [-0.3, -0.25) is 0 Å². The summed E-state index contributed by atoms with van der Waals surface area (Å²) in [7, 11) is 0. The quantitative estimate of drug-likeness (QED) is 0.829. The minimum Gasteiger partial charge on any atom is -0.395 e. The van der Waals surface area contributed by atoms with E-state index in [4.69, 9.17) is 0 Å². The summed E-state index contributed by atoms with van der Waals surface area (Å²) >= 11 is 0. The van der Waals surface area contributed by atoms with Gasteiger partial charge in [0.1, 0.15) is 0 Å². The predicted molar refractivity (Wildman–Crippen MR) is 84.9 cm³/mol. The lowest BCUT2D eigenvalue weighted by molar-refractivity contribution is 0.193. The highest BCUT2D eigenvalue weighted by Gasteiger charge is 2.28. The van der Waals surface area contributed by atoms with Gasteiger partial charge in [-0.25, -0.2) is 0 Å². The van der Waals surface area contributed by atoms with E-state index in [9.17, 15) is 5.11 Å². The van der Waals surface area contributed by atoms with Crippen LogP contribution in [-0.2, 0) is 0 Å². The Bertz CT molecular complexity index is 376. The Balaban J connectivity index is 2.03. The Morgan fingerprint density at radius 3 is 2.50 bits per heavy atom. The van der Waals surface area contributed by atoms with Crippen molar-refractivity contribution in [1.82, 2.24) is 5.32 Å². The van der Waals surface area contributed by atoms with Crippen LogP contribution in [0.1, 0.15) is 57.4 Å². The Morgan fingerprint density at radius 2 is 1.85 bits per heavy atom. The molecule has 1 fully saturated rings. The third-order valence-electron chi connectivity index (χ3n) is 4.42. The topological polar surface area (TPSA) is 32.3 Å². The second-order valence-electron chi connectivity index (χ2n) is 6.58. The Kier molecular flexibility index (Phi) is 6.06. The molecule has 0 bridgehead atoms. The molecule has 0 heterocycles. The average Bonchev–Trinajstić information content (AvgIpc) is 2.47. The van der Waals surface area contributed by atoms with Gasteiger partial charge in [-0.1, -0.05) is 57.0 Å². The van der Waals surface area contributed by atoms with E-state index < -0.39 is 0 Å². The minimum absolute atomic E-state index is 0.240. The summed E-state index contributed by atoms with van der Waals surface area (Å²) in [6.45, 7) is 4.69. The molecular weight excluding hydrogens is 246 g/mol. The molecule has 2 rings (SSSR count). The van der Waals surface area contributed by atoms with Crippen molar-refractivity contribution in [3.63, 3.8) is 0 Å². The number of nitrogens with one attached hydrogen (secondary N) is 1. The van der Waals surface area contributed by atoms with Crippen LogP contribution in [0.4, 0.5) is 0 Å². The van der Waals surface area contributed by atoms with Crippen molar-refractivity contribution in [1.29, 1.82) is 0 Å². The lowest BCUT2D eigenvalue weighted by Gasteiger charge is -2.35. The van der Waals surface area contributed by atoms with Gasteiger partial charge in [-0.05, 0) is 36.7 Å². The fourth-order valence-electron chi connectivity index (χ4n) is 3.50. The largest absolute Gasteiger partial charge is 0.395 e. The van der Waals surface area contributed by atoms with Crippen LogP contribution in [0.5, 0.6) is 0 Å². The van der Waals surface area contributed by atoms with Crippen LogP contribution >= 0.6 is 0 Å². The van der Waals surface area contributed by atoms with Gasteiger partial charge in [0.25, 0.3) is 0 Å². The SMILES string of the molecule is CC(C)CC(CO)NC1CCCCC1c1ccccc1. The monoisotopic (exact) mass is 275 g/mol. The zero-order chi connectivity index (χ0) is 14.4. The van der Waals surface area contributed by atoms with E-state index in [-0.39, 0.29) is 12.6 Å². The van der Waals surface area contributed by atoms with E-state index in [1.54, 1.807) is 0 Å². The maximum absolute atomic E-state index is 9.60. The van der Waals surface area contributed by atoms with Crippen molar-refractivity contribution in [2.75, 3.05) is 6.61 Å². The van der Waals surface area contributed by atoms with Gasteiger partial charge in [0, 0.05) is 12.1 Å². The lowest BCUT2D eigenvalue weighted by atomic mass is 9.79. The lowest BCUT2D eigenvalue weighted by Crippen LogP contribution is -2.45. The number of benzene rings is 1. The third kappa shape index (κ3) is 4.32. The van der Waals surface area contributed by atoms with Gasteiger partial charge >= 0.3 is 0 Å². The minimum atomic E-state index is 0.240. The molecule has 1 saturated carbocycles. The maximum atomic E-state index is 9.60. The van der Waals surface area contributed by atoms with E-state index in [2.05, 4.69) is 49.5 Å². The highest BCUT2D eigenvalue weighted by atomic mass is 16.3. The zero-order valence-corrected chi connectivity index (χ0v) is 12.9. The van der Waals surface area contributed by atoms with Crippen LogP contribution < -0.4 is 5.32 Å². The summed E-state index contributed by atoms with van der Waals surface area (Å²) in [5.74, 6) is 1.23. The summed E-state index contributed by atoms with van der Waals surface area (Å²) in [6.07, 6.45) is 6.18. The first kappa shape index (κ1) is 15.5. The summed E-state index contributed by atoms with van der Waals surface area (Å²) in [4.78, 5) is 0. The molecule has 0 amide bonds. The average molecular weight is 275 g/mol. The van der Waals surface area contributed by atoms with Crippen LogP contribution in [0, 0.1) is 5.92 Å². The molecule has 0 aromatic heterocycles. The fraction of sp³-hybridized carbons (Fsp3) is 0.667.